The van der Waals surface area contributed by atoms with Crippen molar-refractivity contribution in [3.05, 3.63) is 68.3 Å². The highest BCUT2D eigenvalue weighted by molar-refractivity contribution is 9.10. The van der Waals surface area contributed by atoms with Crippen molar-refractivity contribution in [2.24, 2.45) is 0 Å². The third-order valence-electron chi connectivity index (χ3n) is 3.80. The van der Waals surface area contributed by atoms with Gasteiger partial charge in [-0.15, -0.1) is 0 Å². The van der Waals surface area contributed by atoms with Gasteiger partial charge in [-0.25, -0.2) is 0 Å². The lowest BCUT2D eigenvalue weighted by atomic mass is 10.1. The smallest absolute Gasteiger partial charge is 0.272 e. The van der Waals surface area contributed by atoms with Gasteiger partial charge < -0.3 is 5.32 Å². The minimum atomic E-state index is -0.496. The van der Waals surface area contributed by atoms with Gasteiger partial charge in [-0.05, 0) is 37.1 Å². The van der Waals surface area contributed by atoms with Crippen LogP contribution in [0.25, 0.3) is 10.9 Å². The zero-order valence-corrected chi connectivity index (χ0v) is 14.9. The zero-order chi connectivity index (χ0) is 18.0. The van der Waals surface area contributed by atoms with E-state index in [2.05, 4.69) is 31.4 Å². The summed E-state index contributed by atoms with van der Waals surface area (Å²) in [7, 11) is 0. The predicted octanol–water partition coefficient (Wildman–Crippen LogP) is 3.59. The minimum Gasteiger partial charge on any atom is -0.348 e. The maximum absolute atomic E-state index is 12.5. The van der Waals surface area contributed by atoms with E-state index in [1.54, 1.807) is 6.07 Å². The summed E-state index contributed by atoms with van der Waals surface area (Å²) in [5.74, 6) is -0.364. The Hall–Kier alpha value is -2.74. The number of nitro benzene ring substituents is 1. The third-order valence-corrected chi connectivity index (χ3v) is 4.33. The second-order valence-corrected chi connectivity index (χ2v) is 6.68. The maximum atomic E-state index is 12.5. The average Bonchev–Trinajstić information content (AvgIpc) is 3.00. The quantitative estimate of drug-likeness (QED) is 0.502. The van der Waals surface area contributed by atoms with E-state index in [0.717, 1.165) is 10.0 Å². The molecule has 8 heteroatoms. The number of nitrogens with one attached hydrogen (secondary N) is 2. The molecule has 2 aromatic carbocycles. The van der Waals surface area contributed by atoms with E-state index in [1.807, 2.05) is 31.2 Å². The van der Waals surface area contributed by atoms with Crippen LogP contribution < -0.4 is 5.32 Å². The summed E-state index contributed by atoms with van der Waals surface area (Å²) in [6.07, 6.45) is 0.668. The molecule has 0 aliphatic heterocycles. The number of halogens is 1. The Morgan fingerprint density at radius 3 is 2.72 bits per heavy atom. The zero-order valence-electron chi connectivity index (χ0n) is 13.3. The summed E-state index contributed by atoms with van der Waals surface area (Å²) < 4.78 is 0.998. The molecule has 25 heavy (non-hydrogen) atoms. The van der Waals surface area contributed by atoms with Gasteiger partial charge in [-0.3, -0.25) is 20.0 Å². The van der Waals surface area contributed by atoms with Crippen LogP contribution in [0.2, 0.25) is 0 Å². The van der Waals surface area contributed by atoms with Gasteiger partial charge in [-0.1, -0.05) is 28.1 Å². The van der Waals surface area contributed by atoms with Crippen molar-refractivity contribution in [3.63, 3.8) is 0 Å². The molecule has 0 spiro atoms. The van der Waals surface area contributed by atoms with Gasteiger partial charge in [0.2, 0.25) is 0 Å². The predicted molar refractivity (Wildman–Crippen MR) is 97.5 cm³/mol. The Bertz CT molecular complexity index is 937. The van der Waals surface area contributed by atoms with E-state index in [-0.39, 0.29) is 23.3 Å². The molecule has 0 aliphatic rings. The first-order valence-electron chi connectivity index (χ1n) is 7.62. The van der Waals surface area contributed by atoms with Crippen molar-refractivity contribution in [1.82, 2.24) is 15.5 Å². The van der Waals surface area contributed by atoms with E-state index in [4.69, 9.17) is 0 Å². The number of hydrogen-bond donors (Lipinski definition) is 2. The molecule has 3 aromatic rings. The molecule has 7 nitrogen and oxygen atoms in total. The molecule has 0 saturated carbocycles. The number of nitro groups is 1. The number of benzene rings is 2. The van der Waals surface area contributed by atoms with E-state index in [1.165, 1.54) is 12.1 Å². The number of H-pyrrole nitrogens is 1. The summed E-state index contributed by atoms with van der Waals surface area (Å²) in [4.78, 5) is 22.9. The Morgan fingerprint density at radius 2 is 2.04 bits per heavy atom. The van der Waals surface area contributed by atoms with Crippen LogP contribution in [-0.2, 0) is 6.42 Å². The van der Waals surface area contributed by atoms with Crippen LogP contribution in [0, 0.1) is 10.1 Å². The van der Waals surface area contributed by atoms with Gasteiger partial charge in [0.15, 0.2) is 5.69 Å². The summed E-state index contributed by atoms with van der Waals surface area (Å²) >= 11 is 3.39. The Morgan fingerprint density at radius 1 is 1.32 bits per heavy atom. The highest BCUT2D eigenvalue weighted by Crippen LogP contribution is 2.22. The van der Waals surface area contributed by atoms with Crippen LogP contribution in [0.3, 0.4) is 0 Å². The van der Waals surface area contributed by atoms with Crippen molar-refractivity contribution in [3.8, 4) is 0 Å². The summed E-state index contributed by atoms with van der Waals surface area (Å²) in [5.41, 5.74) is 1.75. The van der Waals surface area contributed by atoms with Crippen molar-refractivity contribution in [2.45, 2.75) is 19.4 Å². The van der Waals surface area contributed by atoms with Gasteiger partial charge >= 0.3 is 0 Å². The number of hydrogen-bond acceptors (Lipinski definition) is 4. The van der Waals surface area contributed by atoms with Crippen LogP contribution >= 0.6 is 15.9 Å². The van der Waals surface area contributed by atoms with Crippen molar-refractivity contribution in [1.29, 1.82) is 0 Å². The molecule has 1 aromatic heterocycles. The lowest BCUT2D eigenvalue weighted by Gasteiger charge is -2.13. The van der Waals surface area contributed by atoms with Crippen LogP contribution in [0.1, 0.15) is 23.0 Å². The van der Waals surface area contributed by atoms with E-state index < -0.39 is 4.92 Å². The topological polar surface area (TPSA) is 101 Å². The Kier molecular flexibility index (Phi) is 4.80. The Labute approximate surface area is 151 Å². The van der Waals surface area contributed by atoms with Crippen molar-refractivity contribution in [2.75, 3.05) is 0 Å². The second kappa shape index (κ2) is 7.02. The molecule has 0 radical (unpaired) electrons. The van der Waals surface area contributed by atoms with Gasteiger partial charge in [0.25, 0.3) is 11.6 Å². The fraction of sp³-hybridized carbons (Fsp3) is 0.176. The van der Waals surface area contributed by atoms with Gasteiger partial charge in [0.05, 0.1) is 10.4 Å². The van der Waals surface area contributed by atoms with Crippen LogP contribution in [0.4, 0.5) is 5.69 Å². The number of nitrogens with zero attached hydrogens (tertiary/aromatic N) is 2. The van der Waals surface area contributed by atoms with E-state index >= 15 is 0 Å². The fourth-order valence-corrected chi connectivity index (χ4v) is 2.87. The van der Waals surface area contributed by atoms with Gasteiger partial charge in [0.1, 0.15) is 0 Å². The number of fused-ring (bicyclic) bond motifs is 1. The molecule has 1 amide bonds. The lowest BCUT2D eigenvalue weighted by molar-refractivity contribution is -0.384. The number of rotatable bonds is 5. The minimum absolute atomic E-state index is 0.0779. The molecular weight excluding hydrogens is 388 g/mol. The van der Waals surface area contributed by atoms with Gasteiger partial charge in [0, 0.05) is 28.0 Å². The highest BCUT2D eigenvalue weighted by atomic mass is 79.9. The number of carbonyl (C=O) groups is 1. The molecule has 0 fully saturated rings. The summed E-state index contributed by atoms with van der Waals surface area (Å²) in [5, 5.41) is 21.0. The standard InChI is InChI=1S/C17H15BrN4O3/c1-10(8-11-2-4-12(18)5-3-11)19-17(23)16-14-9-13(22(24)25)6-7-15(14)20-21-16/h2-7,9-10H,8H2,1H3,(H,19,23)(H,20,21). The summed E-state index contributed by atoms with van der Waals surface area (Å²) in [6.45, 7) is 1.90. The van der Waals surface area contributed by atoms with Gasteiger partial charge in [-0.2, -0.15) is 5.10 Å². The SMILES string of the molecule is CC(Cc1ccc(Br)cc1)NC(=O)c1n[nH]c2ccc([N+](=O)[O-])cc12. The first kappa shape index (κ1) is 17.1. The molecule has 1 unspecified atom stereocenters. The second-order valence-electron chi connectivity index (χ2n) is 5.76. The maximum Gasteiger partial charge on any atom is 0.272 e. The molecule has 1 heterocycles. The van der Waals surface area contributed by atoms with E-state index in [9.17, 15) is 14.9 Å². The molecular formula is C17H15BrN4O3. The first-order valence-corrected chi connectivity index (χ1v) is 8.41. The molecule has 0 bridgehead atoms. The number of aromatic amines is 1. The molecule has 128 valence electrons. The average molecular weight is 403 g/mol. The summed E-state index contributed by atoms with van der Waals surface area (Å²) in [6, 6.07) is 12.0. The molecule has 1 atom stereocenters. The molecule has 0 aliphatic carbocycles. The Balaban J connectivity index is 1.76. The van der Waals surface area contributed by atoms with Crippen molar-refractivity contribution < 1.29 is 9.72 Å². The molecule has 3 rings (SSSR count). The first-order chi connectivity index (χ1) is 11.9. The van der Waals surface area contributed by atoms with Crippen LogP contribution in [-0.4, -0.2) is 27.1 Å². The lowest BCUT2D eigenvalue weighted by Crippen LogP contribution is -2.34. The van der Waals surface area contributed by atoms with Crippen LogP contribution in [0.5, 0.6) is 0 Å². The largest absolute Gasteiger partial charge is 0.348 e. The number of carbonyl (C=O) groups excluding carboxylic acids is 1. The van der Waals surface area contributed by atoms with E-state index in [0.29, 0.717) is 17.3 Å². The van der Waals surface area contributed by atoms with Crippen LogP contribution in [0.15, 0.2) is 46.9 Å². The number of non-ortho nitro benzene ring substituents is 1. The molecule has 2 N–H and O–H groups in total. The van der Waals surface area contributed by atoms with Crippen molar-refractivity contribution >= 4 is 38.4 Å². The monoisotopic (exact) mass is 402 g/mol. The fourth-order valence-electron chi connectivity index (χ4n) is 2.61. The highest BCUT2D eigenvalue weighted by Gasteiger charge is 2.18. The molecule has 0 saturated heterocycles. The number of amides is 1. The third kappa shape index (κ3) is 3.85. The number of aromatic nitrogens is 2. The normalized spacial score (nSPS) is 12.1.